The second-order valence-electron chi connectivity index (χ2n) is 8.38. The third-order valence-electron chi connectivity index (χ3n) is 6.07. The molecule has 0 aliphatic carbocycles. The van der Waals surface area contributed by atoms with Crippen molar-refractivity contribution in [3.8, 4) is 17.2 Å². The first kappa shape index (κ1) is 24.8. The highest BCUT2D eigenvalue weighted by atomic mass is 35.5. The number of rotatable bonds is 7. The molecule has 2 aromatic heterocycles. The maximum absolute atomic E-state index is 12.9. The number of fused-ring (bicyclic) bond motifs is 1. The Kier molecular flexibility index (Phi) is 7.03. The smallest absolute Gasteiger partial charge is 0.243 e. The number of benzene rings is 2. The number of hydrogen-bond acceptors (Lipinski definition) is 7. The lowest BCUT2D eigenvalue weighted by Gasteiger charge is -2.30. The summed E-state index contributed by atoms with van der Waals surface area (Å²) in [6, 6.07) is 13.7. The molecule has 0 unspecified atom stereocenters. The Morgan fingerprint density at radius 1 is 1.22 bits per heavy atom. The van der Waals surface area contributed by atoms with Gasteiger partial charge in [-0.2, -0.15) is 4.31 Å². The van der Waals surface area contributed by atoms with Crippen molar-refractivity contribution < 1.29 is 22.4 Å². The third kappa shape index (κ3) is 4.99. The van der Waals surface area contributed by atoms with E-state index >= 15 is 0 Å². The summed E-state index contributed by atoms with van der Waals surface area (Å²) >= 11 is 7.19. The largest absolute Gasteiger partial charge is 0.490 e. The summed E-state index contributed by atoms with van der Waals surface area (Å²) in [5.74, 6) is 0.806. The first-order valence-electron chi connectivity index (χ1n) is 11.5. The van der Waals surface area contributed by atoms with Gasteiger partial charge in [-0.05, 0) is 56.2 Å². The summed E-state index contributed by atoms with van der Waals surface area (Å²) in [5.41, 5.74) is 1.28. The van der Waals surface area contributed by atoms with Gasteiger partial charge in [0.2, 0.25) is 15.9 Å². The van der Waals surface area contributed by atoms with Gasteiger partial charge in [-0.3, -0.25) is 4.79 Å². The Hall–Kier alpha value is -2.92. The molecule has 5 rings (SSSR count). The molecule has 36 heavy (non-hydrogen) atoms. The minimum Gasteiger partial charge on any atom is -0.490 e. The van der Waals surface area contributed by atoms with Crippen molar-refractivity contribution in [2.45, 2.75) is 24.7 Å². The maximum atomic E-state index is 12.9. The molecule has 0 bridgehead atoms. The van der Waals surface area contributed by atoms with Crippen LogP contribution in [0, 0.1) is 5.92 Å². The Morgan fingerprint density at radius 2 is 1.97 bits per heavy atom. The van der Waals surface area contributed by atoms with Gasteiger partial charge in [-0.15, -0.1) is 11.3 Å². The first-order valence-corrected chi connectivity index (χ1v) is 14.2. The van der Waals surface area contributed by atoms with E-state index in [1.54, 1.807) is 12.1 Å². The van der Waals surface area contributed by atoms with Crippen LogP contribution < -0.4 is 10.1 Å². The normalized spacial score (nSPS) is 15.3. The number of anilines is 1. The van der Waals surface area contributed by atoms with Crippen LogP contribution in [0.1, 0.15) is 19.8 Å². The molecule has 1 amide bonds. The fourth-order valence-electron chi connectivity index (χ4n) is 4.20. The van der Waals surface area contributed by atoms with Gasteiger partial charge in [0.25, 0.3) is 0 Å². The number of nitrogens with one attached hydrogen (secondary N) is 1. The van der Waals surface area contributed by atoms with Crippen LogP contribution in [0.25, 0.3) is 22.4 Å². The Morgan fingerprint density at radius 3 is 2.69 bits per heavy atom. The minimum absolute atomic E-state index is 0.164. The molecule has 8 nitrogen and oxygen atoms in total. The number of furan rings is 1. The van der Waals surface area contributed by atoms with Gasteiger partial charge >= 0.3 is 0 Å². The summed E-state index contributed by atoms with van der Waals surface area (Å²) < 4.78 is 38.8. The van der Waals surface area contributed by atoms with E-state index in [9.17, 15) is 13.2 Å². The molecular weight excluding hydrogens is 522 g/mol. The number of halogens is 1. The summed E-state index contributed by atoms with van der Waals surface area (Å²) in [6.07, 6.45) is 0.862. The highest BCUT2D eigenvalue weighted by molar-refractivity contribution is 7.89. The van der Waals surface area contributed by atoms with E-state index in [0.717, 1.165) is 5.39 Å². The van der Waals surface area contributed by atoms with Crippen molar-refractivity contribution in [3.05, 3.63) is 58.9 Å². The second-order valence-corrected chi connectivity index (χ2v) is 11.6. The summed E-state index contributed by atoms with van der Waals surface area (Å²) in [4.78, 5) is 17.6. The monoisotopic (exact) mass is 545 g/mol. The van der Waals surface area contributed by atoms with Crippen LogP contribution in [0.15, 0.2) is 63.2 Å². The lowest BCUT2D eigenvalue weighted by atomic mass is 9.97. The van der Waals surface area contributed by atoms with E-state index in [1.807, 2.05) is 36.6 Å². The molecule has 1 fully saturated rings. The Labute approximate surface area is 217 Å². The topological polar surface area (TPSA) is 102 Å². The Bertz CT molecular complexity index is 1490. The zero-order chi connectivity index (χ0) is 25.3. The van der Waals surface area contributed by atoms with Gasteiger partial charge in [0, 0.05) is 34.8 Å². The second kappa shape index (κ2) is 10.2. The van der Waals surface area contributed by atoms with Crippen molar-refractivity contribution in [2.75, 3.05) is 25.0 Å². The molecule has 188 valence electrons. The van der Waals surface area contributed by atoms with Crippen LogP contribution >= 0.6 is 22.9 Å². The van der Waals surface area contributed by atoms with E-state index in [2.05, 4.69) is 10.3 Å². The van der Waals surface area contributed by atoms with Gasteiger partial charge < -0.3 is 14.5 Å². The fraction of sp³-hybridized carbons (Fsp3) is 0.280. The van der Waals surface area contributed by atoms with Crippen molar-refractivity contribution >= 4 is 55.0 Å². The lowest BCUT2D eigenvalue weighted by Crippen LogP contribution is -2.41. The van der Waals surface area contributed by atoms with E-state index in [1.165, 1.54) is 27.8 Å². The van der Waals surface area contributed by atoms with Crippen LogP contribution in [0.4, 0.5) is 5.13 Å². The van der Waals surface area contributed by atoms with Gasteiger partial charge in [0.05, 0.1) is 11.5 Å². The molecule has 0 atom stereocenters. The zero-order valence-corrected chi connectivity index (χ0v) is 21.8. The van der Waals surface area contributed by atoms with Crippen LogP contribution in [0.3, 0.4) is 0 Å². The van der Waals surface area contributed by atoms with Crippen LogP contribution in [-0.2, 0) is 14.8 Å². The number of hydrogen-bond donors (Lipinski definition) is 1. The number of ether oxygens (including phenoxy) is 1. The molecule has 2 aromatic carbocycles. The molecule has 1 N–H and O–H groups in total. The summed E-state index contributed by atoms with van der Waals surface area (Å²) in [6.45, 7) is 3.00. The number of carbonyl (C=O) groups excluding carboxylic acids is 1. The maximum Gasteiger partial charge on any atom is 0.243 e. The lowest BCUT2D eigenvalue weighted by molar-refractivity contribution is -0.120. The summed E-state index contributed by atoms with van der Waals surface area (Å²) in [5, 5.41) is 6.56. The predicted octanol–water partition coefficient (Wildman–Crippen LogP) is 5.65. The average molecular weight is 546 g/mol. The number of carbonyl (C=O) groups is 1. The van der Waals surface area contributed by atoms with E-state index in [4.69, 9.17) is 20.8 Å². The third-order valence-corrected chi connectivity index (χ3v) is 8.99. The van der Waals surface area contributed by atoms with Crippen LogP contribution in [0.2, 0.25) is 5.02 Å². The molecule has 0 saturated carbocycles. The van der Waals surface area contributed by atoms with Crippen molar-refractivity contribution in [3.63, 3.8) is 0 Å². The number of nitrogens with zero attached hydrogens (tertiary/aromatic N) is 2. The van der Waals surface area contributed by atoms with Gasteiger partial charge in [-0.1, -0.05) is 23.7 Å². The minimum atomic E-state index is -3.62. The van der Waals surface area contributed by atoms with Crippen LogP contribution in [0.5, 0.6) is 5.75 Å². The highest BCUT2D eigenvalue weighted by Crippen LogP contribution is 2.35. The molecule has 11 heteroatoms. The van der Waals surface area contributed by atoms with Gasteiger partial charge in [0.1, 0.15) is 5.69 Å². The van der Waals surface area contributed by atoms with Gasteiger partial charge in [0.15, 0.2) is 22.2 Å². The molecule has 0 radical (unpaired) electrons. The number of amides is 1. The standard InChI is InChI=1S/C25H24ClN3O5S2/c1-2-33-21-5-3-4-17-14-22(34-23(17)21)20-15-35-25(27-20)28-24(30)16-10-12-29(13-11-16)36(31,32)19-8-6-18(26)7-9-19/h3-9,14-16H,2,10-13H2,1H3,(H,27,28,30). The SMILES string of the molecule is CCOc1cccc2cc(-c3csc(NC(=O)C4CCN(S(=O)(=O)c5ccc(Cl)cc5)CC4)n3)oc12. The average Bonchev–Trinajstić information content (AvgIpc) is 3.52. The quantitative estimate of drug-likeness (QED) is 0.322. The van der Waals surface area contributed by atoms with Crippen molar-refractivity contribution in [1.29, 1.82) is 0 Å². The van der Waals surface area contributed by atoms with Crippen LogP contribution in [-0.4, -0.2) is 43.3 Å². The highest BCUT2D eigenvalue weighted by Gasteiger charge is 2.32. The number of aromatic nitrogens is 1. The molecular formula is C25H24ClN3O5S2. The van der Waals surface area contributed by atoms with E-state index in [0.29, 0.717) is 52.4 Å². The predicted molar refractivity (Wildman–Crippen MR) is 140 cm³/mol. The first-order chi connectivity index (χ1) is 17.3. The van der Waals surface area contributed by atoms with Gasteiger partial charge in [-0.25, -0.2) is 13.4 Å². The zero-order valence-electron chi connectivity index (χ0n) is 19.4. The molecule has 1 saturated heterocycles. The Balaban J connectivity index is 1.22. The van der Waals surface area contributed by atoms with E-state index in [-0.39, 0.29) is 29.8 Å². The number of thiazole rings is 1. The molecule has 4 aromatic rings. The van der Waals surface area contributed by atoms with E-state index < -0.39 is 10.0 Å². The molecule has 3 heterocycles. The summed E-state index contributed by atoms with van der Waals surface area (Å²) in [7, 11) is -3.62. The van der Waals surface area contributed by atoms with Crippen molar-refractivity contribution in [1.82, 2.24) is 9.29 Å². The van der Waals surface area contributed by atoms with Crippen molar-refractivity contribution in [2.24, 2.45) is 5.92 Å². The fourth-order valence-corrected chi connectivity index (χ4v) is 6.50. The number of para-hydroxylation sites is 1. The number of sulfonamides is 1. The number of piperidine rings is 1. The molecule has 1 aliphatic rings. The molecule has 0 spiro atoms. The molecule has 1 aliphatic heterocycles.